The van der Waals surface area contributed by atoms with E-state index in [9.17, 15) is 13.2 Å². The zero-order valence-corrected chi connectivity index (χ0v) is 11.0. The maximum Gasteiger partial charge on any atom is 0.276 e. The maximum absolute atomic E-state index is 14.2. The zero-order valence-electron chi connectivity index (χ0n) is 11.0. The summed E-state index contributed by atoms with van der Waals surface area (Å²) in [6.07, 6.45) is 1.04. The monoisotopic (exact) mass is 256 g/mol. The molecule has 1 aliphatic carbocycles. The van der Waals surface area contributed by atoms with E-state index in [1.807, 2.05) is 0 Å². The molecule has 1 saturated carbocycles. The number of rotatable bonds is 2. The van der Waals surface area contributed by atoms with Crippen molar-refractivity contribution in [1.82, 2.24) is 0 Å². The third-order valence-corrected chi connectivity index (χ3v) is 4.09. The van der Waals surface area contributed by atoms with Gasteiger partial charge in [-0.2, -0.15) is 0 Å². The van der Waals surface area contributed by atoms with E-state index in [4.69, 9.17) is 0 Å². The summed E-state index contributed by atoms with van der Waals surface area (Å²) in [4.78, 5) is 0. The van der Waals surface area contributed by atoms with Gasteiger partial charge in [0.1, 0.15) is 5.82 Å². The summed E-state index contributed by atoms with van der Waals surface area (Å²) >= 11 is 0. The Kier molecular flexibility index (Phi) is 3.20. The van der Waals surface area contributed by atoms with E-state index in [-0.39, 0.29) is 11.0 Å². The van der Waals surface area contributed by atoms with Crippen LogP contribution in [0.25, 0.3) is 0 Å². The second-order valence-corrected chi connectivity index (χ2v) is 6.36. The fourth-order valence-corrected chi connectivity index (χ4v) is 2.55. The molecule has 0 saturated heterocycles. The molecule has 0 aliphatic heterocycles. The Hall–Kier alpha value is -0.990. The van der Waals surface area contributed by atoms with E-state index in [2.05, 4.69) is 20.8 Å². The first kappa shape index (κ1) is 13.4. The molecule has 0 amide bonds. The van der Waals surface area contributed by atoms with Crippen molar-refractivity contribution in [2.45, 2.75) is 39.5 Å². The normalized spacial score (nSPS) is 24.8. The summed E-state index contributed by atoms with van der Waals surface area (Å²) in [7, 11) is 0. The minimum Gasteiger partial charge on any atom is -0.207 e. The lowest BCUT2D eigenvalue weighted by Gasteiger charge is -2.46. The summed E-state index contributed by atoms with van der Waals surface area (Å²) in [6.45, 7) is 6.23. The van der Waals surface area contributed by atoms with Gasteiger partial charge in [-0.3, -0.25) is 0 Å². The van der Waals surface area contributed by atoms with Crippen LogP contribution in [-0.2, 0) is 5.92 Å². The van der Waals surface area contributed by atoms with Crippen LogP contribution in [0.1, 0.15) is 39.2 Å². The average Bonchev–Trinajstić information content (AvgIpc) is 2.12. The van der Waals surface area contributed by atoms with Crippen LogP contribution < -0.4 is 0 Å². The molecule has 0 heterocycles. The van der Waals surface area contributed by atoms with Crippen molar-refractivity contribution in [1.29, 1.82) is 0 Å². The highest BCUT2D eigenvalue weighted by atomic mass is 19.3. The van der Waals surface area contributed by atoms with Crippen molar-refractivity contribution in [3.63, 3.8) is 0 Å². The van der Waals surface area contributed by atoms with Crippen LogP contribution in [0, 0.1) is 23.1 Å². The lowest BCUT2D eigenvalue weighted by molar-refractivity contribution is -0.129. The zero-order chi connectivity index (χ0) is 13.6. The molecule has 0 N–H and O–H groups in total. The van der Waals surface area contributed by atoms with Crippen LogP contribution in [0.4, 0.5) is 13.2 Å². The van der Waals surface area contributed by atoms with Gasteiger partial charge < -0.3 is 0 Å². The molecule has 0 bridgehead atoms. The summed E-state index contributed by atoms with van der Waals surface area (Å²) in [6, 6.07) is 4.80. The topological polar surface area (TPSA) is 0 Å². The molecule has 0 nitrogen and oxygen atoms in total. The van der Waals surface area contributed by atoms with E-state index < -0.39 is 17.7 Å². The molecule has 18 heavy (non-hydrogen) atoms. The quantitative estimate of drug-likeness (QED) is 0.699. The summed E-state index contributed by atoms with van der Waals surface area (Å²) in [5.74, 6) is -3.83. The fourth-order valence-electron chi connectivity index (χ4n) is 2.55. The summed E-state index contributed by atoms with van der Waals surface area (Å²) in [5, 5.41) is 0. The molecule has 0 aromatic heterocycles. The van der Waals surface area contributed by atoms with Crippen molar-refractivity contribution in [3.05, 3.63) is 35.6 Å². The van der Waals surface area contributed by atoms with E-state index in [1.165, 1.54) is 18.2 Å². The Morgan fingerprint density at radius 1 is 1.06 bits per heavy atom. The maximum atomic E-state index is 14.2. The fraction of sp³-hybridized carbons (Fsp3) is 0.600. The number of alkyl halides is 2. The van der Waals surface area contributed by atoms with Crippen LogP contribution in [0.15, 0.2) is 24.3 Å². The molecule has 0 unspecified atom stereocenters. The van der Waals surface area contributed by atoms with E-state index in [0.717, 1.165) is 6.07 Å². The van der Waals surface area contributed by atoms with Gasteiger partial charge in [0, 0.05) is 11.5 Å². The van der Waals surface area contributed by atoms with Gasteiger partial charge in [0.25, 0.3) is 5.92 Å². The second-order valence-electron chi connectivity index (χ2n) is 6.36. The highest BCUT2D eigenvalue weighted by Gasteiger charge is 2.50. The highest BCUT2D eigenvalue weighted by Crippen LogP contribution is 2.54. The largest absolute Gasteiger partial charge is 0.276 e. The molecule has 100 valence electrons. The Labute approximate surface area is 106 Å². The van der Waals surface area contributed by atoms with Gasteiger partial charge in [-0.15, -0.1) is 0 Å². The van der Waals surface area contributed by atoms with Crippen molar-refractivity contribution < 1.29 is 13.2 Å². The van der Waals surface area contributed by atoms with Crippen molar-refractivity contribution in [3.8, 4) is 0 Å². The molecule has 0 spiro atoms. The lowest BCUT2D eigenvalue weighted by atomic mass is 9.60. The number of benzene rings is 1. The van der Waals surface area contributed by atoms with Crippen LogP contribution in [0.2, 0.25) is 0 Å². The second kappa shape index (κ2) is 4.29. The number of hydrogen-bond donors (Lipinski definition) is 0. The Morgan fingerprint density at radius 2 is 1.67 bits per heavy atom. The van der Waals surface area contributed by atoms with E-state index in [0.29, 0.717) is 18.8 Å². The molecule has 3 heteroatoms. The molecule has 0 radical (unpaired) electrons. The molecule has 1 aliphatic rings. The Balaban J connectivity index is 2.10. The van der Waals surface area contributed by atoms with Crippen molar-refractivity contribution in [2.75, 3.05) is 0 Å². The standard InChI is InChI=1S/C15H19F3/c1-14(2,3)11-7-12(8-11)15(17,18)10-5-4-6-13(16)9-10/h4-6,9,11-12H,7-8H2,1-3H3. The third kappa shape index (κ3) is 2.40. The smallest absolute Gasteiger partial charge is 0.207 e. The lowest BCUT2D eigenvalue weighted by Crippen LogP contribution is -2.42. The van der Waals surface area contributed by atoms with Crippen molar-refractivity contribution >= 4 is 0 Å². The van der Waals surface area contributed by atoms with Crippen LogP contribution >= 0.6 is 0 Å². The van der Waals surface area contributed by atoms with Crippen LogP contribution in [0.5, 0.6) is 0 Å². The van der Waals surface area contributed by atoms with Gasteiger partial charge in [0.15, 0.2) is 0 Å². The molecule has 1 aromatic rings. The predicted molar refractivity (Wildman–Crippen MR) is 66.0 cm³/mol. The molecular formula is C15H19F3. The van der Waals surface area contributed by atoms with Gasteiger partial charge in [0.2, 0.25) is 0 Å². The van der Waals surface area contributed by atoms with Crippen LogP contribution in [-0.4, -0.2) is 0 Å². The number of halogens is 3. The minimum absolute atomic E-state index is 0.0779. The van der Waals surface area contributed by atoms with E-state index >= 15 is 0 Å². The Morgan fingerprint density at radius 3 is 2.17 bits per heavy atom. The van der Waals surface area contributed by atoms with Gasteiger partial charge in [0.05, 0.1) is 0 Å². The SMILES string of the molecule is CC(C)(C)C1CC(C(F)(F)c2cccc(F)c2)C1. The Bertz CT molecular complexity index is 426. The minimum atomic E-state index is -2.91. The molecule has 0 atom stereocenters. The average molecular weight is 256 g/mol. The molecular weight excluding hydrogens is 237 g/mol. The summed E-state index contributed by atoms with van der Waals surface area (Å²) in [5.41, 5.74) is -0.117. The predicted octanol–water partition coefficient (Wildman–Crippen LogP) is 4.99. The first-order valence-corrected chi connectivity index (χ1v) is 6.35. The van der Waals surface area contributed by atoms with Gasteiger partial charge in [-0.05, 0) is 36.3 Å². The molecule has 1 aromatic carbocycles. The van der Waals surface area contributed by atoms with E-state index in [1.54, 1.807) is 0 Å². The number of hydrogen-bond acceptors (Lipinski definition) is 0. The summed E-state index contributed by atoms with van der Waals surface area (Å²) < 4.78 is 41.4. The van der Waals surface area contributed by atoms with Crippen LogP contribution in [0.3, 0.4) is 0 Å². The third-order valence-electron chi connectivity index (χ3n) is 4.09. The van der Waals surface area contributed by atoms with Gasteiger partial charge in [-0.1, -0.05) is 32.9 Å². The van der Waals surface area contributed by atoms with Gasteiger partial charge in [-0.25, -0.2) is 13.2 Å². The molecule has 1 fully saturated rings. The van der Waals surface area contributed by atoms with Gasteiger partial charge >= 0.3 is 0 Å². The first-order chi connectivity index (χ1) is 8.21. The highest BCUT2D eigenvalue weighted by molar-refractivity contribution is 5.23. The first-order valence-electron chi connectivity index (χ1n) is 6.35. The van der Waals surface area contributed by atoms with Crippen molar-refractivity contribution in [2.24, 2.45) is 17.3 Å². The molecule has 2 rings (SSSR count).